The summed E-state index contributed by atoms with van der Waals surface area (Å²) in [5, 5.41) is 3.44. The number of aryl methyl sites for hydroxylation is 3. The minimum absolute atomic E-state index is 0.0160. The van der Waals surface area contributed by atoms with Gasteiger partial charge in [0.25, 0.3) is 5.56 Å². The van der Waals surface area contributed by atoms with Crippen LogP contribution >= 0.6 is 0 Å². The fourth-order valence-corrected chi connectivity index (χ4v) is 5.22. The lowest BCUT2D eigenvalue weighted by molar-refractivity contribution is -0.138. The lowest BCUT2D eigenvalue weighted by Gasteiger charge is -2.36. The van der Waals surface area contributed by atoms with E-state index in [0.29, 0.717) is 19.1 Å². The van der Waals surface area contributed by atoms with Crippen molar-refractivity contribution in [3.8, 4) is 0 Å². The van der Waals surface area contributed by atoms with Crippen molar-refractivity contribution in [3.05, 3.63) is 68.6 Å². The van der Waals surface area contributed by atoms with Crippen LogP contribution < -0.4 is 10.9 Å². The maximum Gasteiger partial charge on any atom is 0.250 e. The van der Waals surface area contributed by atoms with Gasteiger partial charge in [0, 0.05) is 52.2 Å². The first-order valence-electron chi connectivity index (χ1n) is 12.6. The number of carbonyl (C=O) groups is 1. The fraction of sp³-hybridized carbons (Fsp3) is 0.571. The standard InChI is InChI=1S/C28H39N3O3/c1-19-14-21(6-5-13-34-4)15-23(20(19)2)18-31(24-7-8-24)28(33)26-17-29-11-9-25(26)22-10-12-30(3)27(32)16-22/h10,12,14-16,24-26,29H,5-9,11,13,17-18H2,1-4H3. The number of hydrogen-bond donors (Lipinski definition) is 1. The predicted octanol–water partition coefficient (Wildman–Crippen LogP) is 3.47. The number of benzene rings is 1. The third-order valence-electron chi connectivity index (χ3n) is 7.62. The molecule has 2 aromatic rings. The number of nitrogens with zero attached hydrogens (tertiary/aromatic N) is 2. The second-order valence-corrected chi connectivity index (χ2v) is 10.1. The number of carbonyl (C=O) groups excluding carboxylic acids is 1. The van der Waals surface area contributed by atoms with E-state index in [1.54, 1.807) is 24.8 Å². The Kier molecular flexibility index (Phi) is 7.89. The molecule has 1 aliphatic heterocycles. The number of amides is 1. The van der Waals surface area contributed by atoms with Gasteiger partial charge in [-0.15, -0.1) is 0 Å². The Balaban J connectivity index is 1.58. The highest BCUT2D eigenvalue weighted by Gasteiger charge is 2.40. The van der Waals surface area contributed by atoms with Crippen LogP contribution in [0.5, 0.6) is 0 Å². The van der Waals surface area contributed by atoms with E-state index in [1.165, 1.54) is 22.3 Å². The molecule has 2 fully saturated rings. The van der Waals surface area contributed by atoms with Crippen LogP contribution in [0.4, 0.5) is 0 Å². The molecule has 2 atom stereocenters. The largest absolute Gasteiger partial charge is 0.385 e. The van der Waals surface area contributed by atoms with Gasteiger partial charge in [-0.3, -0.25) is 9.59 Å². The molecule has 1 saturated heterocycles. The summed E-state index contributed by atoms with van der Waals surface area (Å²) in [5.41, 5.74) is 6.10. The van der Waals surface area contributed by atoms with Gasteiger partial charge in [0.15, 0.2) is 0 Å². The van der Waals surface area contributed by atoms with Crippen LogP contribution in [0.15, 0.2) is 35.3 Å². The van der Waals surface area contributed by atoms with E-state index < -0.39 is 0 Å². The molecule has 0 spiro atoms. The van der Waals surface area contributed by atoms with Crippen LogP contribution in [0.25, 0.3) is 0 Å². The van der Waals surface area contributed by atoms with E-state index in [2.05, 4.69) is 36.2 Å². The second-order valence-electron chi connectivity index (χ2n) is 10.1. The highest BCUT2D eigenvalue weighted by atomic mass is 16.5. The smallest absolute Gasteiger partial charge is 0.250 e. The molecule has 1 aromatic heterocycles. The molecule has 4 rings (SSSR count). The summed E-state index contributed by atoms with van der Waals surface area (Å²) in [5.74, 6) is 0.155. The number of piperidine rings is 1. The number of nitrogens with one attached hydrogen (secondary N) is 1. The molecule has 1 saturated carbocycles. The molecule has 2 aliphatic rings. The van der Waals surface area contributed by atoms with Crippen molar-refractivity contribution in [2.75, 3.05) is 26.8 Å². The van der Waals surface area contributed by atoms with Crippen LogP contribution in [0.1, 0.15) is 59.4 Å². The monoisotopic (exact) mass is 465 g/mol. The molecular weight excluding hydrogens is 426 g/mol. The van der Waals surface area contributed by atoms with Crippen molar-refractivity contribution in [1.29, 1.82) is 0 Å². The van der Waals surface area contributed by atoms with Crippen molar-refractivity contribution in [3.63, 3.8) is 0 Å². The summed E-state index contributed by atoms with van der Waals surface area (Å²) < 4.78 is 6.82. The van der Waals surface area contributed by atoms with E-state index in [1.807, 2.05) is 12.3 Å². The van der Waals surface area contributed by atoms with Crippen molar-refractivity contribution in [1.82, 2.24) is 14.8 Å². The number of rotatable bonds is 9. The van der Waals surface area contributed by atoms with Gasteiger partial charge in [0.2, 0.25) is 5.91 Å². The maximum atomic E-state index is 14.0. The Morgan fingerprint density at radius 2 is 2.00 bits per heavy atom. The SMILES string of the molecule is COCCCc1cc(C)c(C)c(CN(C(=O)C2CNCCC2c2ccn(C)c(=O)c2)C2CC2)c1. The maximum absolute atomic E-state index is 14.0. The minimum atomic E-state index is -0.146. The first kappa shape index (κ1) is 24.7. The topological polar surface area (TPSA) is 63.6 Å². The summed E-state index contributed by atoms with van der Waals surface area (Å²) in [6, 6.07) is 8.62. The van der Waals surface area contributed by atoms with Crippen LogP contribution in [-0.2, 0) is 29.5 Å². The number of aromatic nitrogens is 1. The summed E-state index contributed by atoms with van der Waals surface area (Å²) in [7, 11) is 3.51. The summed E-state index contributed by atoms with van der Waals surface area (Å²) in [4.78, 5) is 28.4. The Labute approximate surface area is 203 Å². The van der Waals surface area contributed by atoms with E-state index in [-0.39, 0.29) is 23.3 Å². The fourth-order valence-electron chi connectivity index (χ4n) is 5.22. The third-order valence-corrected chi connectivity index (χ3v) is 7.62. The highest BCUT2D eigenvalue weighted by Crippen LogP contribution is 2.36. The van der Waals surface area contributed by atoms with Crippen LogP contribution in [-0.4, -0.2) is 48.2 Å². The number of methoxy groups -OCH3 is 1. The molecular formula is C28H39N3O3. The molecule has 1 amide bonds. The molecule has 0 bridgehead atoms. The molecule has 1 N–H and O–H groups in total. The summed E-state index contributed by atoms with van der Waals surface area (Å²) in [6.07, 6.45) is 6.82. The average molecular weight is 466 g/mol. The summed E-state index contributed by atoms with van der Waals surface area (Å²) >= 11 is 0. The quantitative estimate of drug-likeness (QED) is 0.576. The molecule has 0 radical (unpaired) electrons. The lowest BCUT2D eigenvalue weighted by Crippen LogP contribution is -2.47. The summed E-state index contributed by atoms with van der Waals surface area (Å²) in [6.45, 7) is 7.29. The Bertz CT molecular complexity index is 1070. The van der Waals surface area contributed by atoms with Crippen LogP contribution in [0.3, 0.4) is 0 Å². The zero-order valence-electron chi connectivity index (χ0n) is 21.1. The van der Waals surface area contributed by atoms with E-state index >= 15 is 0 Å². The van der Waals surface area contributed by atoms with Crippen molar-refractivity contribution in [2.45, 2.75) is 64.5 Å². The Hall–Kier alpha value is -2.44. The number of ether oxygens (including phenoxy) is 1. The van der Waals surface area contributed by atoms with E-state index in [4.69, 9.17) is 4.74 Å². The molecule has 6 nitrogen and oxygen atoms in total. The van der Waals surface area contributed by atoms with Gasteiger partial charge in [-0.1, -0.05) is 12.1 Å². The first-order valence-corrected chi connectivity index (χ1v) is 12.6. The van der Waals surface area contributed by atoms with E-state index in [0.717, 1.165) is 50.8 Å². The number of hydrogen-bond acceptors (Lipinski definition) is 4. The van der Waals surface area contributed by atoms with Gasteiger partial charge in [-0.25, -0.2) is 0 Å². The van der Waals surface area contributed by atoms with E-state index in [9.17, 15) is 9.59 Å². The molecule has 34 heavy (non-hydrogen) atoms. The van der Waals surface area contributed by atoms with Gasteiger partial charge < -0.3 is 19.5 Å². The zero-order chi connectivity index (χ0) is 24.2. The Morgan fingerprint density at radius 3 is 2.71 bits per heavy atom. The molecule has 1 aliphatic carbocycles. The van der Waals surface area contributed by atoms with Gasteiger partial charge in [0.05, 0.1) is 5.92 Å². The van der Waals surface area contributed by atoms with Crippen molar-refractivity contribution in [2.24, 2.45) is 13.0 Å². The van der Waals surface area contributed by atoms with Crippen molar-refractivity contribution >= 4 is 5.91 Å². The molecule has 2 heterocycles. The highest BCUT2D eigenvalue weighted by molar-refractivity contribution is 5.81. The molecule has 2 unspecified atom stereocenters. The third kappa shape index (κ3) is 5.61. The van der Waals surface area contributed by atoms with Gasteiger partial charge in [-0.05, 0) is 92.3 Å². The van der Waals surface area contributed by atoms with Gasteiger partial charge in [-0.2, -0.15) is 0 Å². The first-order chi connectivity index (χ1) is 16.4. The minimum Gasteiger partial charge on any atom is -0.385 e. The average Bonchev–Trinajstić information content (AvgIpc) is 3.67. The van der Waals surface area contributed by atoms with Gasteiger partial charge in [0.1, 0.15) is 0 Å². The molecule has 184 valence electrons. The zero-order valence-corrected chi connectivity index (χ0v) is 21.1. The van der Waals surface area contributed by atoms with Crippen LogP contribution in [0, 0.1) is 19.8 Å². The van der Waals surface area contributed by atoms with Gasteiger partial charge >= 0.3 is 0 Å². The second kappa shape index (κ2) is 10.9. The normalized spacial score (nSPS) is 20.4. The van der Waals surface area contributed by atoms with Crippen molar-refractivity contribution < 1.29 is 9.53 Å². The molecule has 1 aromatic carbocycles. The molecule has 6 heteroatoms. The lowest BCUT2D eigenvalue weighted by atomic mass is 9.80. The predicted molar refractivity (Wildman–Crippen MR) is 135 cm³/mol. The Morgan fingerprint density at radius 1 is 1.21 bits per heavy atom. The number of pyridine rings is 1. The van der Waals surface area contributed by atoms with Crippen LogP contribution in [0.2, 0.25) is 0 Å².